The van der Waals surface area contributed by atoms with Crippen molar-refractivity contribution in [2.24, 2.45) is 5.10 Å². The fraction of sp³-hybridized carbons (Fsp3) is 0. The number of anilines is 1. The van der Waals surface area contributed by atoms with Crippen molar-refractivity contribution in [3.63, 3.8) is 0 Å². The van der Waals surface area contributed by atoms with Crippen LogP contribution < -0.4 is 10.1 Å². The van der Waals surface area contributed by atoms with Crippen LogP contribution in [0.5, 0.6) is 5.75 Å². The first-order valence-corrected chi connectivity index (χ1v) is 10.2. The smallest absolute Gasteiger partial charge is 0.271 e. The molecule has 1 amide bonds. The molecule has 0 aromatic heterocycles. The second kappa shape index (κ2) is 8.76. The molecule has 29 heavy (non-hydrogen) atoms. The summed E-state index contributed by atoms with van der Waals surface area (Å²) in [6.45, 7) is 0. The van der Waals surface area contributed by atoms with E-state index in [1.807, 2.05) is 0 Å². The molecule has 0 saturated carbocycles. The molecule has 3 aromatic carbocycles. The summed E-state index contributed by atoms with van der Waals surface area (Å²) in [4.78, 5) is 12.2. The van der Waals surface area contributed by atoms with E-state index in [0.29, 0.717) is 21.8 Å². The van der Waals surface area contributed by atoms with Gasteiger partial charge in [-0.25, -0.2) is 13.8 Å². The molecule has 3 aromatic rings. The monoisotopic (exact) mass is 429 g/mol. The molecule has 7 nitrogen and oxygen atoms in total. The number of sulfonamides is 1. The number of rotatable bonds is 6. The molecule has 0 radical (unpaired) electrons. The maximum Gasteiger partial charge on any atom is 0.271 e. The van der Waals surface area contributed by atoms with Gasteiger partial charge in [0.15, 0.2) is 0 Å². The van der Waals surface area contributed by atoms with E-state index in [9.17, 15) is 18.3 Å². The van der Waals surface area contributed by atoms with E-state index in [-0.39, 0.29) is 10.6 Å². The number of halogens is 1. The molecular formula is C20H16ClN3O4S. The van der Waals surface area contributed by atoms with Crippen LogP contribution in [0.1, 0.15) is 15.9 Å². The molecule has 0 unspecified atom stereocenters. The lowest BCUT2D eigenvalue weighted by Crippen LogP contribution is -2.18. The third kappa shape index (κ3) is 5.56. The number of hydrogen-bond donors (Lipinski definition) is 3. The lowest BCUT2D eigenvalue weighted by atomic mass is 10.2. The number of nitrogens with one attached hydrogen (secondary N) is 2. The molecule has 0 aliphatic carbocycles. The Balaban J connectivity index is 1.62. The summed E-state index contributed by atoms with van der Waals surface area (Å²) in [6, 6.07) is 18.0. The van der Waals surface area contributed by atoms with Crippen molar-refractivity contribution in [2.75, 3.05) is 4.72 Å². The number of hydrazone groups is 1. The molecule has 0 aliphatic heterocycles. The first-order valence-electron chi connectivity index (χ1n) is 8.34. The van der Waals surface area contributed by atoms with Gasteiger partial charge < -0.3 is 5.11 Å². The van der Waals surface area contributed by atoms with Gasteiger partial charge in [0.2, 0.25) is 0 Å². The lowest BCUT2D eigenvalue weighted by molar-refractivity contribution is 0.0955. The third-order valence-corrected chi connectivity index (χ3v) is 5.45. The second-order valence-electron chi connectivity index (χ2n) is 5.93. The van der Waals surface area contributed by atoms with E-state index in [1.165, 1.54) is 66.9 Å². The Morgan fingerprint density at radius 2 is 1.55 bits per heavy atom. The molecule has 0 atom stereocenters. The van der Waals surface area contributed by atoms with Gasteiger partial charge in [0.1, 0.15) is 5.75 Å². The van der Waals surface area contributed by atoms with Crippen LogP contribution >= 0.6 is 11.6 Å². The minimum absolute atomic E-state index is 0.0762. The van der Waals surface area contributed by atoms with E-state index in [1.54, 1.807) is 12.1 Å². The minimum atomic E-state index is -3.76. The molecular weight excluding hydrogens is 414 g/mol. The molecule has 0 aliphatic rings. The van der Waals surface area contributed by atoms with Crippen molar-refractivity contribution in [1.29, 1.82) is 0 Å². The van der Waals surface area contributed by atoms with Gasteiger partial charge in [-0.1, -0.05) is 11.6 Å². The number of aromatic hydroxyl groups is 1. The van der Waals surface area contributed by atoms with Gasteiger partial charge in [0.05, 0.1) is 11.1 Å². The van der Waals surface area contributed by atoms with Gasteiger partial charge in [-0.2, -0.15) is 5.10 Å². The number of carbonyl (C=O) groups excluding carboxylic acids is 1. The number of carbonyl (C=O) groups is 1. The maximum absolute atomic E-state index is 12.4. The normalized spacial score (nSPS) is 11.3. The second-order valence-corrected chi connectivity index (χ2v) is 8.05. The predicted octanol–water partition coefficient (Wildman–Crippen LogP) is 3.61. The summed E-state index contributed by atoms with van der Waals surface area (Å²) in [7, 11) is -3.76. The average Bonchev–Trinajstić information content (AvgIpc) is 2.70. The van der Waals surface area contributed by atoms with Crippen LogP contribution in [0.25, 0.3) is 0 Å². The Bertz CT molecular complexity index is 1130. The summed E-state index contributed by atoms with van der Waals surface area (Å²) in [5.41, 5.74) is 3.70. The van der Waals surface area contributed by atoms with Crippen LogP contribution in [0.2, 0.25) is 5.02 Å². The van der Waals surface area contributed by atoms with Crippen molar-refractivity contribution >= 4 is 39.4 Å². The van der Waals surface area contributed by atoms with E-state index >= 15 is 0 Å². The topological polar surface area (TPSA) is 108 Å². The van der Waals surface area contributed by atoms with Crippen molar-refractivity contribution in [3.05, 3.63) is 88.9 Å². The van der Waals surface area contributed by atoms with Gasteiger partial charge in [-0.3, -0.25) is 9.52 Å². The standard InChI is InChI=1S/C20H16ClN3O4S/c21-16-5-11-19(12-6-16)29(27,28)24-17-7-3-15(4-8-17)20(26)23-22-13-14-1-9-18(25)10-2-14/h1-13,24-25H,(H,23,26)/b22-13-. The predicted molar refractivity (Wildman–Crippen MR) is 112 cm³/mol. The van der Waals surface area contributed by atoms with Crippen LogP contribution in [0.3, 0.4) is 0 Å². The molecule has 3 N–H and O–H groups in total. The molecule has 9 heteroatoms. The Labute approximate surface area is 172 Å². The Morgan fingerprint density at radius 1 is 0.931 bits per heavy atom. The van der Waals surface area contributed by atoms with Crippen molar-refractivity contribution in [2.45, 2.75) is 4.90 Å². The number of amides is 1. The maximum atomic E-state index is 12.4. The molecule has 0 fully saturated rings. The van der Waals surface area contributed by atoms with E-state index in [2.05, 4.69) is 15.2 Å². The first kappa shape index (κ1) is 20.4. The molecule has 0 saturated heterocycles. The Kier molecular flexibility index (Phi) is 6.16. The quantitative estimate of drug-likeness (QED) is 0.411. The summed E-state index contributed by atoms with van der Waals surface area (Å²) in [5, 5.41) is 13.5. The van der Waals surface area contributed by atoms with Crippen LogP contribution in [0.15, 0.2) is 82.8 Å². The number of phenolic OH excluding ortho intramolecular Hbond substituents is 1. The highest BCUT2D eigenvalue weighted by Crippen LogP contribution is 2.18. The van der Waals surface area contributed by atoms with Gasteiger partial charge in [-0.05, 0) is 78.4 Å². The summed E-state index contributed by atoms with van der Waals surface area (Å²) < 4.78 is 27.2. The van der Waals surface area contributed by atoms with E-state index in [0.717, 1.165) is 0 Å². The minimum Gasteiger partial charge on any atom is -0.508 e. The van der Waals surface area contributed by atoms with Crippen LogP contribution in [-0.4, -0.2) is 25.6 Å². The molecule has 148 valence electrons. The zero-order chi connectivity index (χ0) is 20.9. The average molecular weight is 430 g/mol. The van der Waals surface area contributed by atoms with Crippen molar-refractivity contribution in [3.8, 4) is 5.75 Å². The highest BCUT2D eigenvalue weighted by atomic mass is 35.5. The molecule has 0 spiro atoms. The number of phenols is 1. The Hall–Kier alpha value is -3.36. The molecule has 0 heterocycles. The number of benzene rings is 3. The van der Waals surface area contributed by atoms with Gasteiger partial charge in [0.25, 0.3) is 15.9 Å². The SMILES string of the molecule is O=C(N/N=C\c1ccc(O)cc1)c1ccc(NS(=O)(=O)c2ccc(Cl)cc2)cc1. The van der Waals surface area contributed by atoms with Crippen molar-refractivity contribution < 1.29 is 18.3 Å². The van der Waals surface area contributed by atoms with E-state index < -0.39 is 15.9 Å². The summed E-state index contributed by atoms with van der Waals surface area (Å²) in [5.74, 6) is -0.315. The molecule has 0 bridgehead atoms. The lowest BCUT2D eigenvalue weighted by Gasteiger charge is -2.08. The van der Waals surface area contributed by atoms with Gasteiger partial charge in [0, 0.05) is 16.3 Å². The largest absolute Gasteiger partial charge is 0.508 e. The zero-order valence-electron chi connectivity index (χ0n) is 14.9. The Morgan fingerprint density at radius 3 is 2.17 bits per heavy atom. The zero-order valence-corrected chi connectivity index (χ0v) is 16.5. The highest BCUT2D eigenvalue weighted by Gasteiger charge is 2.14. The molecule has 3 rings (SSSR count). The summed E-state index contributed by atoms with van der Waals surface area (Å²) >= 11 is 5.77. The van der Waals surface area contributed by atoms with Crippen molar-refractivity contribution in [1.82, 2.24) is 5.43 Å². The van der Waals surface area contributed by atoms with Crippen LogP contribution in [0.4, 0.5) is 5.69 Å². The number of nitrogens with zero attached hydrogens (tertiary/aromatic N) is 1. The third-order valence-electron chi connectivity index (χ3n) is 3.80. The fourth-order valence-corrected chi connectivity index (χ4v) is 3.49. The highest BCUT2D eigenvalue weighted by molar-refractivity contribution is 7.92. The van der Waals surface area contributed by atoms with Crippen LogP contribution in [0, 0.1) is 0 Å². The van der Waals surface area contributed by atoms with Gasteiger partial charge >= 0.3 is 0 Å². The van der Waals surface area contributed by atoms with Gasteiger partial charge in [-0.15, -0.1) is 0 Å². The van der Waals surface area contributed by atoms with E-state index in [4.69, 9.17) is 11.6 Å². The summed E-state index contributed by atoms with van der Waals surface area (Å²) in [6.07, 6.45) is 1.44. The first-order chi connectivity index (χ1) is 13.8. The number of hydrogen-bond acceptors (Lipinski definition) is 5. The fourth-order valence-electron chi connectivity index (χ4n) is 2.31. The van der Waals surface area contributed by atoms with Crippen LogP contribution in [-0.2, 0) is 10.0 Å².